The number of aromatic amines is 1. The number of anilines is 1. The van der Waals surface area contributed by atoms with Crippen LogP contribution in [0.2, 0.25) is 0 Å². The average molecular weight is 339 g/mol. The Morgan fingerprint density at radius 3 is 3.21 bits per heavy atom. The number of thiophene rings is 1. The normalized spacial score (nSPS) is 12.5. The molecule has 4 heterocycles. The largest absolute Gasteiger partial charge is 0.474 e. The van der Waals surface area contributed by atoms with Gasteiger partial charge in [0.2, 0.25) is 5.88 Å². The van der Waals surface area contributed by atoms with Crippen molar-refractivity contribution in [1.82, 2.24) is 19.7 Å². The summed E-state index contributed by atoms with van der Waals surface area (Å²) in [5.41, 5.74) is 1.48. The first-order valence-electron chi connectivity index (χ1n) is 7.35. The molecule has 0 fully saturated rings. The molecule has 4 rings (SSSR count). The molecule has 0 spiro atoms. The molecule has 1 aliphatic heterocycles. The molecule has 0 saturated carbocycles. The number of H-pyrrole nitrogens is 1. The van der Waals surface area contributed by atoms with E-state index in [1.54, 1.807) is 17.5 Å². The van der Waals surface area contributed by atoms with Crippen molar-refractivity contribution in [3.63, 3.8) is 0 Å². The third kappa shape index (κ3) is 3.02. The molecule has 0 atom stereocenters. The maximum absolute atomic E-state index is 11.5. The molecule has 0 saturated heterocycles. The fourth-order valence-electron chi connectivity index (χ4n) is 2.31. The molecule has 3 aromatic heterocycles. The highest BCUT2D eigenvalue weighted by Gasteiger charge is 2.10. The Labute approximate surface area is 141 Å². The minimum absolute atomic E-state index is 0.217. The van der Waals surface area contributed by atoms with E-state index in [2.05, 4.69) is 32.3 Å². The Kier molecular flexibility index (Phi) is 3.76. The maximum Gasteiger partial charge on any atom is 0.343 e. The lowest BCUT2D eigenvalue weighted by Crippen LogP contribution is -2.18. The average Bonchev–Trinajstić information content (AvgIpc) is 3.22. The summed E-state index contributed by atoms with van der Waals surface area (Å²) in [7, 11) is 0. The van der Waals surface area contributed by atoms with Gasteiger partial charge in [-0.25, -0.2) is 14.9 Å². The van der Waals surface area contributed by atoms with Crippen LogP contribution in [-0.2, 0) is 6.54 Å². The van der Waals surface area contributed by atoms with Crippen LogP contribution in [0.1, 0.15) is 15.3 Å². The second-order valence-electron chi connectivity index (χ2n) is 5.16. The minimum atomic E-state index is -0.217. The maximum atomic E-state index is 11.5. The number of hydrogen-bond donors (Lipinski definition) is 2. The fraction of sp³-hybridized carbons (Fsp3) is 0.188. The number of hydrogen-bond acceptors (Lipinski definition) is 6. The predicted octanol–water partition coefficient (Wildman–Crippen LogP) is 1.28. The molecule has 24 heavy (non-hydrogen) atoms. The zero-order valence-corrected chi connectivity index (χ0v) is 13.4. The van der Waals surface area contributed by atoms with Crippen LogP contribution in [0, 0.1) is 11.8 Å². The lowest BCUT2D eigenvalue weighted by Gasteiger charge is -2.17. The summed E-state index contributed by atoms with van der Waals surface area (Å²) in [6.07, 6.45) is 3.19. The number of rotatable bonds is 2. The van der Waals surface area contributed by atoms with Gasteiger partial charge in [-0.3, -0.25) is 4.57 Å². The van der Waals surface area contributed by atoms with Gasteiger partial charge in [0.1, 0.15) is 12.9 Å². The zero-order valence-electron chi connectivity index (χ0n) is 12.6. The number of nitrogens with zero attached hydrogens (tertiary/aromatic N) is 3. The molecular formula is C16H13N5O2S. The third-order valence-corrected chi connectivity index (χ3v) is 4.43. The van der Waals surface area contributed by atoms with Gasteiger partial charge in [0.25, 0.3) is 0 Å². The van der Waals surface area contributed by atoms with Gasteiger partial charge in [0, 0.05) is 23.2 Å². The number of ether oxygens (including phenoxy) is 1. The van der Waals surface area contributed by atoms with E-state index >= 15 is 0 Å². The smallest absolute Gasteiger partial charge is 0.343 e. The van der Waals surface area contributed by atoms with Gasteiger partial charge >= 0.3 is 5.69 Å². The van der Waals surface area contributed by atoms with Gasteiger partial charge in [-0.15, -0.1) is 11.3 Å². The molecule has 3 aromatic rings. The lowest BCUT2D eigenvalue weighted by atomic mass is 10.2. The quantitative estimate of drug-likeness (QED) is 0.687. The van der Waals surface area contributed by atoms with Gasteiger partial charge in [-0.1, -0.05) is 11.8 Å². The molecular weight excluding hydrogens is 326 g/mol. The van der Waals surface area contributed by atoms with Crippen LogP contribution >= 0.6 is 11.3 Å². The van der Waals surface area contributed by atoms with Crippen LogP contribution in [0.25, 0.3) is 0 Å². The summed E-state index contributed by atoms with van der Waals surface area (Å²) < 4.78 is 6.96. The van der Waals surface area contributed by atoms with Crippen LogP contribution in [0.3, 0.4) is 0 Å². The first-order chi connectivity index (χ1) is 11.8. The number of pyridine rings is 1. The summed E-state index contributed by atoms with van der Waals surface area (Å²) in [4.78, 5) is 17.7. The SMILES string of the molecule is O=c1[nH]ncn1Cc1ccc(C#Cc2cnc3c(c2)NCCO3)s1. The number of aromatic nitrogens is 4. The van der Waals surface area contributed by atoms with Gasteiger partial charge in [0.15, 0.2) is 0 Å². The molecule has 2 N–H and O–H groups in total. The van der Waals surface area contributed by atoms with Crippen molar-refractivity contribution in [2.24, 2.45) is 0 Å². The van der Waals surface area contributed by atoms with E-state index < -0.39 is 0 Å². The van der Waals surface area contributed by atoms with E-state index in [1.165, 1.54) is 10.9 Å². The van der Waals surface area contributed by atoms with Crippen molar-refractivity contribution in [1.29, 1.82) is 0 Å². The predicted molar refractivity (Wildman–Crippen MR) is 90.5 cm³/mol. The van der Waals surface area contributed by atoms with Crippen molar-refractivity contribution in [2.75, 3.05) is 18.5 Å². The van der Waals surface area contributed by atoms with Crippen molar-refractivity contribution in [3.05, 3.63) is 56.5 Å². The Hall–Kier alpha value is -3.05. The van der Waals surface area contributed by atoms with Crippen LogP contribution in [0.15, 0.2) is 35.5 Å². The van der Waals surface area contributed by atoms with E-state index in [1.807, 2.05) is 18.2 Å². The van der Waals surface area contributed by atoms with Crippen molar-refractivity contribution < 1.29 is 4.74 Å². The topological polar surface area (TPSA) is 84.8 Å². The van der Waals surface area contributed by atoms with E-state index in [-0.39, 0.29) is 5.69 Å². The zero-order chi connectivity index (χ0) is 16.4. The Morgan fingerprint density at radius 1 is 1.38 bits per heavy atom. The Balaban J connectivity index is 1.51. The lowest BCUT2D eigenvalue weighted by molar-refractivity contribution is 0.310. The Bertz CT molecular complexity index is 992. The monoisotopic (exact) mass is 339 g/mol. The van der Waals surface area contributed by atoms with Crippen molar-refractivity contribution in [3.8, 4) is 17.7 Å². The minimum Gasteiger partial charge on any atom is -0.474 e. The molecule has 0 unspecified atom stereocenters. The summed E-state index contributed by atoms with van der Waals surface area (Å²) in [6, 6.07) is 5.86. The first kappa shape index (κ1) is 14.5. The van der Waals surface area contributed by atoms with E-state index in [4.69, 9.17) is 4.74 Å². The number of fused-ring (bicyclic) bond motifs is 1. The fourth-order valence-corrected chi connectivity index (χ4v) is 3.17. The highest BCUT2D eigenvalue weighted by molar-refractivity contribution is 7.12. The van der Waals surface area contributed by atoms with E-state index in [0.717, 1.165) is 27.5 Å². The van der Waals surface area contributed by atoms with E-state index in [0.29, 0.717) is 19.0 Å². The van der Waals surface area contributed by atoms with Crippen LogP contribution in [-0.4, -0.2) is 32.9 Å². The summed E-state index contributed by atoms with van der Waals surface area (Å²) >= 11 is 1.55. The highest BCUT2D eigenvalue weighted by Crippen LogP contribution is 2.24. The second-order valence-corrected chi connectivity index (χ2v) is 6.33. The first-order valence-corrected chi connectivity index (χ1v) is 8.17. The number of nitrogens with one attached hydrogen (secondary N) is 2. The van der Waals surface area contributed by atoms with Gasteiger partial charge in [0.05, 0.1) is 17.1 Å². The van der Waals surface area contributed by atoms with Crippen molar-refractivity contribution in [2.45, 2.75) is 6.54 Å². The standard InChI is InChI=1S/C16H13N5O2S/c22-16-20-19-10-21(16)9-13-4-3-12(24-13)2-1-11-7-14-15(18-8-11)23-6-5-17-14/h3-4,7-8,10,17H,5-6,9H2,(H,20,22). The summed E-state index contributed by atoms with van der Waals surface area (Å²) in [5, 5.41) is 9.33. The molecule has 7 nitrogen and oxygen atoms in total. The molecule has 0 aliphatic carbocycles. The highest BCUT2D eigenvalue weighted by atomic mass is 32.1. The third-order valence-electron chi connectivity index (χ3n) is 3.44. The van der Waals surface area contributed by atoms with E-state index in [9.17, 15) is 4.79 Å². The molecule has 0 radical (unpaired) electrons. The molecule has 1 aliphatic rings. The van der Waals surface area contributed by atoms with Crippen LogP contribution in [0.4, 0.5) is 5.69 Å². The molecule has 0 bridgehead atoms. The second kappa shape index (κ2) is 6.22. The van der Waals surface area contributed by atoms with Gasteiger partial charge in [-0.2, -0.15) is 5.10 Å². The van der Waals surface area contributed by atoms with Gasteiger partial charge in [-0.05, 0) is 18.2 Å². The van der Waals surface area contributed by atoms with Crippen LogP contribution < -0.4 is 15.7 Å². The Morgan fingerprint density at radius 2 is 2.33 bits per heavy atom. The summed E-state index contributed by atoms with van der Waals surface area (Å²) in [5.74, 6) is 6.86. The van der Waals surface area contributed by atoms with Crippen molar-refractivity contribution >= 4 is 17.0 Å². The summed E-state index contributed by atoms with van der Waals surface area (Å²) in [6.45, 7) is 1.89. The molecule has 120 valence electrons. The molecule has 8 heteroatoms. The van der Waals surface area contributed by atoms with Crippen LogP contribution in [0.5, 0.6) is 5.88 Å². The van der Waals surface area contributed by atoms with Gasteiger partial charge < -0.3 is 10.1 Å². The molecule has 0 aromatic carbocycles. The molecule has 0 amide bonds.